The van der Waals surface area contributed by atoms with Gasteiger partial charge in [0, 0.05) is 18.1 Å². The summed E-state index contributed by atoms with van der Waals surface area (Å²) in [6.07, 6.45) is 1.59. The molecule has 0 fully saturated rings. The zero-order valence-corrected chi connectivity index (χ0v) is 19.4. The van der Waals surface area contributed by atoms with E-state index in [1.54, 1.807) is 24.3 Å². The lowest BCUT2D eigenvalue weighted by atomic mass is 9.99. The summed E-state index contributed by atoms with van der Waals surface area (Å²) in [7, 11) is 0. The van der Waals surface area contributed by atoms with Crippen LogP contribution in [0.2, 0.25) is 10.0 Å². The number of carbonyl (C=O) groups is 3. The van der Waals surface area contributed by atoms with Crippen molar-refractivity contribution in [1.29, 1.82) is 0 Å². The molecule has 0 spiro atoms. The van der Waals surface area contributed by atoms with Gasteiger partial charge in [0.05, 0.1) is 28.7 Å². The smallest absolute Gasteiger partial charge is 0.255 e. The van der Waals surface area contributed by atoms with Gasteiger partial charge < -0.3 is 4.74 Å². The van der Waals surface area contributed by atoms with Gasteiger partial charge >= 0.3 is 0 Å². The molecule has 2 heterocycles. The number of Topliss-reactive ketones (excluding diaryl/α,β-unsaturated/α-hetero) is 2. The number of amides is 1. The van der Waals surface area contributed by atoms with Crippen LogP contribution in [0.3, 0.4) is 0 Å². The lowest BCUT2D eigenvalue weighted by Gasteiger charge is -2.23. The van der Waals surface area contributed by atoms with E-state index in [4.69, 9.17) is 34.5 Å². The van der Waals surface area contributed by atoms with Crippen LogP contribution in [-0.2, 0) is 20.8 Å². The van der Waals surface area contributed by atoms with Crippen molar-refractivity contribution in [3.05, 3.63) is 75.1 Å². The number of aliphatic imine (C=N–C) groups is 1. The normalized spacial score (nSPS) is 16.0. The molecule has 0 bridgehead atoms. The van der Waals surface area contributed by atoms with E-state index in [-0.39, 0.29) is 51.9 Å². The van der Waals surface area contributed by atoms with Crippen molar-refractivity contribution in [2.45, 2.75) is 19.8 Å². The lowest BCUT2D eigenvalue weighted by Crippen LogP contribution is -2.36. The Morgan fingerprint density at radius 1 is 1.09 bits per heavy atom. The summed E-state index contributed by atoms with van der Waals surface area (Å²) in [6.45, 7) is 8.47. The number of ether oxygens (including phenoxy) is 1. The molecule has 0 saturated carbocycles. The summed E-state index contributed by atoms with van der Waals surface area (Å²) in [6, 6.07) is 9.87. The highest BCUT2D eigenvalue weighted by atomic mass is 35.5. The van der Waals surface area contributed by atoms with Gasteiger partial charge in [-0.3, -0.25) is 14.4 Å². The van der Waals surface area contributed by atoms with Crippen LogP contribution in [0.25, 0.3) is 4.85 Å². The molecule has 2 aliphatic rings. The van der Waals surface area contributed by atoms with Crippen molar-refractivity contribution in [3.8, 4) is 5.75 Å². The number of hydrogen-bond donors (Lipinski definition) is 0. The predicted octanol–water partition coefficient (Wildman–Crippen LogP) is 4.75. The predicted molar refractivity (Wildman–Crippen MR) is 129 cm³/mol. The molecular formula is C24H16Cl2N4O4. The largest absolute Gasteiger partial charge is 0.436 e. The first-order valence-corrected chi connectivity index (χ1v) is 10.8. The molecule has 0 atom stereocenters. The van der Waals surface area contributed by atoms with Crippen molar-refractivity contribution in [1.82, 2.24) is 0 Å². The minimum atomic E-state index is -0.497. The molecule has 4 rings (SSSR count). The van der Waals surface area contributed by atoms with E-state index in [0.717, 1.165) is 10.6 Å². The number of halogens is 2. The van der Waals surface area contributed by atoms with Crippen LogP contribution in [0.4, 0.5) is 11.4 Å². The molecule has 0 radical (unpaired) electrons. The lowest BCUT2D eigenvalue weighted by molar-refractivity contribution is -0.124. The number of anilines is 1. The molecule has 170 valence electrons. The monoisotopic (exact) mass is 494 g/mol. The van der Waals surface area contributed by atoms with Crippen molar-refractivity contribution >= 4 is 63.7 Å². The summed E-state index contributed by atoms with van der Waals surface area (Å²) in [5.74, 6) is -0.701. The van der Waals surface area contributed by atoms with E-state index >= 15 is 0 Å². The number of rotatable bonds is 4. The fourth-order valence-electron chi connectivity index (χ4n) is 3.32. The molecule has 10 heteroatoms. The highest BCUT2D eigenvalue weighted by molar-refractivity contribution is 6.44. The van der Waals surface area contributed by atoms with Gasteiger partial charge in [0.2, 0.25) is 5.90 Å². The second kappa shape index (κ2) is 9.59. The van der Waals surface area contributed by atoms with Crippen molar-refractivity contribution in [2.75, 3.05) is 11.6 Å². The average molecular weight is 495 g/mol. The van der Waals surface area contributed by atoms with Crippen molar-refractivity contribution < 1.29 is 19.1 Å². The van der Waals surface area contributed by atoms with Crippen LogP contribution in [0.5, 0.6) is 5.75 Å². The molecule has 0 N–H and O–H groups in total. The Labute approximate surface area is 204 Å². The van der Waals surface area contributed by atoms with Crippen molar-refractivity contribution in [3.63, 3.8) is 0 Å². The minimum absolute atomic E-state index is 0.0844. The summed E-state index contributed by atoms with van der Waals surface area (Å²) in [4.78, 5) is 43.8. The summed E-state index contributed by atoms with van der Waals surface area (Å²) in [5, 5.41) is 5.30. The maximum absolute atomic E-state index is 12.3. The van der Waals surface area contributed by atoms with Gasteiger partial charge in [0.15, 0.2) is 23.0 Å². The Balaban J connectivity index is 1.56. The second-order valence-corrected chi connectivity index (χ2v) is 8.35. The quantitative estimate of drug-likeness (QED) is 0.452. The van der Waals surface area contributed by atoms with Crippen LogP contribution < -0.4 is 9.75 Å². The zero-order chi connectivity index (χ0) is 24.4. The number of hydrazone groups is 1. The van der Waals surface area contributed by atoms with Crippen LogP contribution >= 0.6 is 23.2 Å². The molecule has 34 heavy (non-hydrogen) atoms. The number of dihydropyridines is 1. The fourth-order valence-corrected chi connectivity index (χ4v) is 3.87. The Hall–Kier alpha value is -3.80. The van der Waals surface area contributed by atoms with E-state index in [9.17, 15) is 14.4 Å². The number of carbonyl (C=O) groups excluding carboxylic acids is 3. The maximum Gasteiger partial charge on any atom is 0.255 e. The fraction of sp³-hybridized carbons (Fsp3) is 0.167. The molecule has 2 aromatic rings. The van der Waals surface area contributed by atoms with E-state index in [2.05, 4.69) is 14.9 Å². The molecule has 8 nitrogen and oxygen atoms in total. The average Bonchev–Trinajstić information content (AvgIpc) is 2.81. The first kappa shape index (κ1) is 23.4. The van der Waals surface area contributed by atoms with Crippen LogP contribution in [0, 0.1) is 6.57 Å². The summed E-state index contributed by atoms with van der Waals surface area (Å²) < 4.78 is 5.80. The van der Waals surface area contributed by atoms with Crippen LogP contribution in [-0.4, -0.2) is 35.6 Å². The Morgan fingerprint density at radius 2 is 1.76 bits per heavy atom. The standard InChI is InChI=1S/C24H16Cl2N4O4/c1-13-20(31)11-23(33)30(29-13)17-9-18(25)24(19(26)10-17)34-22-8-15(21(32)12-28-22)7-14-3-5-16(27-2)6-4-14/h3-6,8-10H,7,11-12H2,1H3. The third-order valence-corrected chi connectivity index (χ3v) is 5.69. The molecule has 1 amide bonds. The second-order valence-electron chi connectivity index (χ2n) is 7.53. The van der Waals surface area contributed by atoms with Crippen LogP contribution in [0.1, 0.15) is 18.9 Å². The molecule has 0 saturated heterocycles. The highest BCUT2D eigenvalue weighted by Gasteiger charge is 2.28. The van der Waals surface area contributed by atoms with Crippen molar-refractivity contribution in [2.24, 2.45) is 10.1 Å². The maximum atomic E-state index is 12.3. The van der Waals surface area contributed by atoms with Gasteiger partial charge in [-0.15, -0.1) is 0 Å². The SMILES string of the molecule is [C-]#[N+]c1ccc(CC2=CC(Oc3c(Cl)cc(N4N=C(C)C(=O)CC4=O)cc3Cl)=NCC2=O)cc1. The van der Waals surface area contributed by atoms with Gasteiger partial charge in [-0.25, -0.2) is 9.84 Å². The number of ketones is 2. The number of benzene rings is 2. The first-order valence-electron chi connectivity index (χ1n) is 10.1. The minimum Gasteiger partial charge on any atom is -0.436 e. The molecule has 2 aromatic carbocycles. The summed E-state index contributed by atoms with van der Waals surface area (Å²) in [5.41, 5.74) is 2.38. The van der Waals surface area contributed by atoms with Gasteiger partial charge in [-0.1, -0.05) is 47.5 Å². The molecule has 0 aliphatic carbocycles. The van der Waals surface area contributed by atoms with E-state index in [1.807, 2.05) is 0 Å². The molecule has 0 aromatic heterocycles. The third kappa shape index (κ3) is 4.91. The van der Waals surface area contributed by atoms with Gasteiger partial charge in [0.1, 0.15) is 12.3 Å². The Kier molecular flexibility index (Phi) is 6.59. The van der Waals surface area contributed by atoms with Gasteiger partial charge in [-0.2, -0.15) is 10.1 Å². The number of hydrogen-bond acceptors (Lipinski definition) is 6. The highest BCUT2D eigenvalue weighted by Crippen LogP contribution is 2.38. The zero-order valence-electron chi connectivity index (χ0n) is 17.8. The topological polar surface area (TPSA) is 92.8 Å². The molecular weight excluding hydrogens is 479 g/mol. The Morgan fingerprint density at radius 3 is 2.41 bits per heavy atom. The van der Waals surface area contributed by atoms with E-state index < -0.39 is 5.91 Å². The summed E-state index contributed by atoms with van der Waals surface area (Å²) >= 11 is 12.8. The van der Waals surface area contributed by atoms with Gasteiger partial charge in [-0.05, 0) is 24.6 Å². The third-order valence-electron chi connectivity index (χ3n) is 5.13. The van der Waals surface area contributed by atoms with Gasteiger partial charge in [0.25, 0.3) is 5.91 Å². The van der Waals surface area contributed by atoms with E-state index in [1.165, 1.54) is 25.1 Å². The molecule has 0 unspecified atom stereocenters. The Bertz CT molecular complexity index is 1330. The number of nitrogens with zero attached hydrogens (tertiary/aromatic N) is 4. The molecule has 2 aliphatic heterocycles. The van der Waals surface area contributed by atoms with E-state index in [0.29, 0.717) is 23.4 Å². The first-order chi connectivity index (χ1) is 16.2. The van der Waals surface area contributed by atoms with Crippen LogP contribution in [0.15, 0.2) is 58.1 Å².